The summed E-state index contributed by atoms with van der Waals surface area (Å²) in [5.74, 6) is -3.64. The lowest BCUT2D eigenvalue weighted by Gasteiger charge is -2.34. The third-order valence-corrected chi connectivity index (χ3v) is 5.80. The van der Waals surface area contributed by atoms with E-state index in [1.165, 1.54) is 6.07 Å². The van der Waals surface area contributed by atoms with Crippen molar-refractivity contribution < 1.29 is 32.6 Å². The molecule has 0 spiro atoms. The van der Waals surface area contributed by atoms with E-state index in [1.807, 2.05) is 13.0 Å². The molecule has 0 aromatic heterocycles. The van der Waals surface area contributed by atoms with Crippen molar-refractivity contribution >= 4 is 22.0 Å². The average Bonchev–Trinajstić information content (AvgIpc) is 2.58. The van der Waals surface area contributed by atoms with Crippen LogP contribution in [0.15, 0.2) is 24.3 Å². The van der Waals surface area contributed by atoms with Crippen LogP contribution in [0, 0.1) is 5.82 Å². The van der Waals surface area contributed by atoms with Gasteiger partial charge in [-0.3, -0.25) is 4.90 Å². The van der Waals surface area contributed by atoms with Crippen molar-refractivity contribution in [3.8, 4) is 0 Å². The molecular formula is C16H23FN2O6S. The Balaban J connectivity index is 0.000000487. The smallest absolute Gasteiger partial charge is 0.414 e. The normalized spacial score (nSPS) is 15.8. The van der Waals surface area contributed by atoms with E-state index in [1.54, 1.807) is 16.4 Å². The van der Waals surface area contributed by atoms with Crippen LogP contribution in [0.2, 0.25) is 0 Å². The van der Waals surface area contributed by atoms with E-state index in [-0.39, 0.29) is 11.6 Å². The van der Waals surface area contributed by atoms with Gasteiger partial charge in [0.15, 0.2) is 0 Å². The molecular weight excluding hydrogens is 367 g/mol. The maximum atomic E-state index is 13.6. The van der Waals surface area contributed by atoms with Crippen LogP contribution in [-0.4, -0.2) is 71.7 Å². The van der Waals surface area contributed by atoms with E-state index in [2.05, 4.69) is 4.90 Å². The molecule has 0 atom stereocenters. The van der Waals surface area contributed by atoms with E-state index >= 15 is 0 Å². The summed E-state index contributed by atoms with van der Waals surface area (Å²) in [6, 6.07) is 6.72. The van der Waals surface area contributed by atoms with Gasteiger partial charge in [0.25, 0.3) is 0 Å². The molecule has 1 aliphatic heterocycles. The molecule has 1 heterocycles. The largest absolute Gasteiger partial charge is 0.473 e. The monoisotopic (exact) mass is 390 g/mol. The first-order valence-electron chi connectivity index (χ1n) is 8.07. The molecule has 1 saturated heterocycles. The number of rotatable bonds is 5. The molecule has 0 bridgehead atoms. The highest BCUT2D eigenvalue weighted by Gasteiger charge is 2.26. The molecule has 2 rings (SSSR count). The van der Waals surface area contributed by atoms with Crippen molar-refractivity contribution in [3.05, 3.63) is 35.6 Å². The Morgan fingerprint density at radius 2 is 1.62 bits per heavy atom. The third kappa shape index (κ3) is 7.06. The van der Waals surface area contributed by atoms with Crippen molar-refractivity contribution in [1.29, 1.82) is 0 Å². The van der Waals surface area contributed by atoms with Gasteiger partial charge in [-0.1, -0.05) is 25.1 Å². The molecule has 10 heteroatoms. The van der Waals surface area contributed by atoms with Crippen LogP contribution in [0.1, 0.15) is 18.9 Å². The number of piperazine rings is 1. The van der Waals surface area contributed by atoms with Gasteiger partial charge < -0.3 is 10.2 Å². The number of nitrogens with zero attached hydrogens (tertiary/aromatic N) is 2. The molecule has 1 fully saturated rings. The molecule has 2 N–H and O–H groups in total. The van der Waals surface area contributed by atoms with E-state index in [9.17, 15) is 12.8 Å². The fourth-order valence-electron chi connectivity index (χ4n) is 2.42. The minimum Gasteiger partial charge on any atom is -0.473 e. The fraction of sp³-hybridized carbons (Fsp3) is 0.500. The summed E-state index contributed by atoms with van der Waals surface area (Å²) in [5.41, 5.74) is 0.664. The minimum absolute atomic E-state index is 0.200. The Morgan fingerprint density at radius 3 is 2.08 bits per heavy atom. The van der Waals surface area contributed by atoms with Gasteiger partial charge in [0, 0.05) is 38.3 Å². The number of carboxylic acids is 2. The molecule has 1 aliphatic rings. The SMILES string of the molecule is CCCS(=O)(=O)N1CCN(Cc2ccccc2F)CC1.O=C(O)C(=O)O. The van der Waals surface area contributed by atoms with Crippen LogP contribution in [-0.2, 0) is 26.2 Å². The molecule has 0 aliphatic carbocycles. The van der Waals surface area contributed by atoms with Crippen LogP contribution in [0.4, 0.5) is 4.39 Å². The fourth-order valence-corrected chi connectivity index (χ4v) is 3.91. The Bertz CT molecular complexity index is 705. The summed E-state index contributed by atoms with van der Waals surface area (Å²) in [5, 5.41) is 14.8. The molecule has 0 radical (unpaired) electrons. The number of benzene rings is 1. The lowest BCUT2D eigenvalue weighted by Crippen LogP contribution is -2.48. The lowest BCUT2D eigenvalue weighted by atomic mass is 10.2. The van der Waals surface area contributed by atoms with Crippen molar-refractivity contribution in [2.75, 3.05) is 31.9 Å². The predicted molar refractivity (Wildman–Crippen MR) is 92.6 cm³/mol. The lowest BCUT2D eigenvalue weighted by molar-refractivity contribution is -0.159. The molecule has 146 valence electrons. The van der Waals surface area contributed by atoms with Crippen LogP contribution in [0.3, 0.4) is 0 Å². The number of aliphatic carboxylic acids is 2. The van der Waals surface area contributed by atoms with Gasteiger partial charge in [0.05, 0.1) is 5.75 Å². The molecule has 1 aromatic rings. The Morgan fingerprint density at radius 1 is 1.08 bits per heavy atom. The quantitative estimate of drug-likeness (QED) is 0.716. The first-order valence-corrected chi connectivity index (χ1v) is 9.68. The van der Waals surface area contributed by atoms with Crippen molar-refractivity contribution in [1.82, 2.24) is 9.21 Å². The highest BCUT2D eigenvalue weighted by atomic mass is 32.2. The molecule has 0 saturated carbocycles. The summed E-state index contributed by atoms with van der Waals surface area (Å²) < 4.78 is 39.0. The molecule has 0 amide bonds. The highest BCUT2D eigenvalue weighted by Crippen LogP contribution is 2.14. The zero-order chi connectivity index (χ0) is 19.7. The highest BCUT2D eigenvalue weighted by molar-refractivity contribution is 7.89. The summed E-state index contributed by atoms with van der Waals surface area (Å²) in [7, 11) is -3.11. The van der Waals surface area contributed by atoms with Crippen molar-refractivity contribution in [2.24, 2.45) is 0 Å². The molecule has 8 nitrogen and oxygen atoms in total. The molecule has 1 aromatic carbocycles. The zero-order valence-corrected chi connectivity index (χ0v) is 15.3. The van der Waals surface area contributed by atoms with Crippen LogP contribution in [0.25, 0.3) is 0 Å². The van der Waals surface area contributed by atoms with Gasteiger partial charge in [-0.15, -0.1) is 0 Å². The first-order chi connectivity index (χ1) is 12.2. The van der Waals surface area contributed by atoms with E-state index < -0.39 is 22.0 Å². The second-order valence-corrected chi connectivity index (χ2v) is 7.78. The summed E-state index contributed by atoms with van der Waals surface area (Å²) in [4.78, 5) is 20.3. The van der Waals surface area contributed by atoms with Gasteiger partial charge in [-0.2, -0.15) is 4.31 Å². The second kappa shape index (κ2) is 10.2. The van der Waals surface area contributed by atoms with Gasteiger partial charge in [0.2, 0.25) is 10.0 Å². The van der Waals surface area contributed by atoms with E-state index in [0.29, 0.717) is 44.7 Å². The number of halogens is 1. The average molecular weight is 390 g/mol. The standard InChI is InChI=1S/C14H21FN2O2S.C2H2O4/c1-2-11-20(18,19)17-9-7-16(8-10-17)12-13-5-3-4-6-14(13)15;3-1(4)2(5)6/h3-6H,2,7-12H2,1H3;(H,3,4)(H,5,6). The van der Waals surface area contributed by atoms with Gasteiger partial charge in [-0.05, 0) is 12.5 Å². The number of carbonyl (C=O) groups is 2. The molecule has 0 unspecified atom stereocenters. The molecule has 26 heavy (non-hydrogen) atoms. The Labute approximate surface area is 151 Å². The maximum Gasteiger partial charge on any atom is 0.414 e. The summed E-state index contributed by atoms with van der Waals surface area (Å²) in [6.45, 7) is 4.70. The topological polar surface area (TPSA) is 115 Å². The summed E-state index contributed by atoms with van der Waals surface area (Å²) >= 11 is 0. The number of carboxylic acid groups (broad SMARTS) is 2. The predicted octanol–water partition coefficient (Wildman–Crippen LogP) is 0.839. The number of hydrogen-bond donors (Lipinski definition) is 2. The number of hydrogen-bond acceptors (Lipinski definition) is 5. The number of sulfonamides is 1. The van der Waals surface area contributed by atoms with Gasteiger partial charge in [0.1, 0.15) is 5.82 Å². The van der Waals surface area contributed by atoms with E-state index in [4.69, 9.17) is 19.8 Å². The maximum absolute atomic E-state index is 13.6. The van der Waals surface area contributed by atoms with Crippen LogP contribution in [0.5, 0.6) is 0 Å². The van der Waals surface area contributed by atoms with Crippen LogP contribution < -0.4 is 0 Å². The van der Waals surface area contributed by atoms with E-state index in [0.717, 1.165) is 0 Å². The van der Waals surface area contributed by atoms with Gasteiger partial charge >= 0.3 is 11.9 Å². The first kappa shape index (κ1) is 22.0. The van der Waals surface area contributed by atoms with Crippen molar-refractivity contribution in [2.45, 2.75) is 19.9 Å². The Hall–Kier alpha value is -2.04. The third-order valence-electron chi connectivity index (χ3n) is 3.72. The minimum atomic E-state index is -3.11. The van der Waals surface area contributed by atoms with Gasteiger partial charge in [-0.25, -0.2) is 22.4 Å². The Kier molecular flexibility index (Phi) is 8.62. The second-order valence-electron chi connectivity index (χ2n) is 5.69. The zero-order valence-electron chi connectivity index (χ0n) is 14.5. The summed E-state index contributed by atoms with van der Waals surface area (Å²) in [6.07, 6.45) is 0.637. The van der Waals surface area contributed by atoms with Crippen LogP contribution >= 0.6 is 0 Å². The van der Waals surface area contributed by atoms with Crippen molar-refractivity contribution in [3.63, 3.8) is 0 Å².